The summed E-state index contributed by atoms with van der Waals surface area (Å²) in [6, 6.07) is 5.96. The third-order valence-corrected chi connectivity index (χ3v) is 3.03. The maximum atomic E-state index is 11.5. The maximum absolute atomic E-state index is 11.5. The number of nitrogens with zero attached hydrogens (tertiary/aromatic N) is 1. The molecule has 0 atom stereocenters. The van der Waals surface area contributed by atoms with Crippen molar-refractivity contribution in [3.63, 3.8) is 0 Å². The van der Waals surface area contributed by atoms with Gasteiger partial charge in [0.2, 0.25) is 11.8 Å². The summed E-state index contributed by atoms with van der Waals surface area (Å²) in [5.41, 5.74) is 3.23. The molecule has 0 aliphatic carbocycles. The molecule has 17 heavy (non-hydrogen) atoms. The second-order valence-corrected chi connectivity index (χ2v) is 4.33. The summed E-state index contributed by atoms with van der Waals surface area (Å²) in [4.78, 5) is 24.1. The SMILES string of the molecule is CC(=O)NCc1ccc2c(c1)CCC(=O)N2C. The second kappa shape index (κ2) is 4.57. The molecule has 1 N–H and O–H groups in total. The highest BCUT2D eigenvalue weighted by Crippen LogP contribution is 2.27. The number of carbonyl (C=O) groups is 2. The van der Waals surface area contributed by atoms with Gasteiger partial charge >= 0.3 is 0 Å². The monoisotopic (exact) mass is 232 g/mol. The Kier molecular flexibility index (Phi) is 3.13. The Bertz CT molecular complexity index is 468. The first-order valence-corrected chi connectivity index (χ1v) is 5.70. The zero-order valence-electron chi connectivity index (χ0n) is 10.1. The van der Waals surface area contributed by atoms with E-state index in [1.807, 2.05) is 12.1 Å². The normalized spacial score (nSPS) is 14.5. The third kappa shape index (κ3) is 2.46. The van der Waals surface area contributed by atoms with Gasteiger partial charge in [0.1, 0.15) is 0 Å². The average molecular weight is 232 g/mol. The fraction of sp³-hybridized carbons (Fsp3) is 0.385. The smallest absolute Gasteiger partial charge is 0.227 e. The molecule has 0 unspecified atom stereocenters. The Morgan fingerprint density at radius 1 is 1.41 bits per heavy atom. The van der Waals surface area contributed by atoms with Crippen molar-refractivity contribution in [2.75, 3.05) is 11.9 Å². The minimum Gasteiger partial charge on any atom is -0.352 e. The number of hydrogen-bond donors (Lipinski definition) is 1. The topological polar surface area (TPSA) is 49.4 Å². The number of hydrogen-bond acceptors (Lipinski definition) is 2. The Labute approximate surface area is 101 Å². The molecule has 0 fully saturated rings. The van der Waals surface area contributed by atoms with Gasteiger partial charge in [-0.05, 0) is 23.6 Å². The number of benzene rings is 1. The van der Waals surface area contributed by atoms with E-state index in [4.69, 9.17) is 0 Å². The Morgan fingerprint density at radius 2 is 2.18 bits per heavy atom. The van der Waals surface area contributed by atoms with Gasteiger partial charge in [-0.15, -0.1) is 0 Å². The summed E-state index contributed by atoms with van der Waals surface area (Å²) in [6.07, 6.45) is 1.35. The molecule has 4 nitrogen and oxygen atoms in total. The van der Waals surface area contributed by atoms with Crippen LogP contribution < -0.4 is 10.2 Å². The molecule has 0 aromatic heterocycles. The van der Waals surface area contributed by atoms with Gasteiger partial charge in [-0.2, -0.15) is 0 Å². The molecule has 0 bridgehead atoms. The van der Waals surface area contributed by atoms with Gasteiger partial charge in [-0.1, -0.05) is 12.1 Å². The van der Waals surface area contributed by atoms with Gasteiger partial charge in [-0.3, -0.25) is 9.59 Å². The Hall–Kier alpha value is -1.84. The zero-order valence-corrected chi connectivity index (χ0v) is 10.1. The molecule has 0 saturated heterocycles. The van der Waals surface area contributed by atoms with Crippen LogP contribution >= 0.6 is 0 Å². The molecule has 0 saturated carbocycles. The second-order valence-electron chi connectivity index (χ2n) is 4.33. The zero-order chi connectivity index (χ0) is 12.4. The molecular formula is C13H16N2O2. The first kappa shape index (κ1) is 11.6. The maximum Gasteiger partial charge on any atom is 0.227 e. The van der Waals surface area contributed by atoms with Crippen LogP contribution in [0.3, 0.4) is 0 Å². The number of anilines is 1. The van der Waals surface area contributed by atoms with E-state index in [1.165, 1.54) is 12.5 Å². The lowest BCUT2D eigenvalue weighted by Gasteiger charge is -2.26. The van der Waals surface area contributed by atoms with E-state index in [2.05, 4.69) is 11.4 Å². The van der Waals surface area contributed by atoms with Crippen LogP contribution in [0, 0.1) is 0 Å². The van der Waals surface area contributed by atoms with Crippen LogP contribution in [-0.2, 0) is 22.6 Å². The quantitative estimate of drug-likeness (QED) is 0.833. The van der Waals surface area contributed by atoms with Crippen molar-refractivity contribution in [1.29, 1.82) is 0 Å². The van der Waals surface area contributed by atoms with Crippen LogP contribution in [0.2, 0.25) is 0 Å². The predicted molar refractivity (Wildman–Crippen MR) is 65.7 cm³/mol. The molecule has 1 aromatic rings. The lowest BCUT2D eigenvalue weighted by Crippen LogP contribution is -2.31. The predicted octanol–water partition coefficient (Wildman–Crippen LogP) is 1.23. The van der Waals surface area contributed by atoms with E-state index in [0.717, 1.165) is 17.7 Å². The van der Waals surface area contributed by atoms with Crippen LogP contribution in [0.25, 0.3) is 0 Å². The van der Waals surface area contributed by atoms with Crippen molar-refractivity contribution in [1.82, 2.24) is 5.32 Å². The van der Waals surface area contributed by atoms with Crippen molar-refractivity contribution in [3.8, 4) is 0 Å². The highest BCUT2D eigenvalue weighted by molar-refractivity contribution is 5.95. The number of amides is 2. The molecule has 1 aliphatic rings. The summed E-state index contributed by atoms with van der Waals surface area (Å²) in [6.45, 7) is 2.05. The van der Waals surface area contributed by atoms with Crippen LogP contribution in [0.1, 0.15) is 24.5 Å². The largest absolute Gasteiger partial charge is 0.352 e. The van der Waals surface area contributed by atoms with Crippen LogP contribution in [0.5, 0.6) is 0 Å². The van der Waals surface area contributed by atoms with E-state index in [1.54, 1.807) is 11.9 Å². The van der Waals surface area contributed by atoms with Crippen molar-refractivity contribution in [2.24, 2.45) is 0 Å². The third-order valence-electron chi connectivity index (χ3n) is 3.03. The van der Waals surface area contributed by atoms with E-state index >= 15 is 0 Å². The molecule has 1 aromatic carbocycles. The average Bonchev–Trinajstić information content (AvgIpc) is 2.31. The number of fused-ring (bicyclic) bond motifs is 1. The van der Waals surface area contributed by atoms with Crippen molar-refractivity contribution in [3.05, 3.63) is 29.3 Å². The standard InChI is InChI=1S/C13H16N2O2/c1-9(16)14-8-10-3-5-12-11(7-10)4-6-13(17)15(12)2/h3,5,7H,4,6,8H2,1-2H3,(H,14,16). The number of rotatable bonds is 2. The first-order chi connectivity index (χ1) is 8.08. The minimum atomic E-state index is -0.0324. The molecule has 2 rings (SSSR count). The van der Waals surface area contributed by atoms with E-state index in [9.17, 15) is 9.59 Å². The van der Waals surface area contributed by atoms with E-state index in [-0.39, 0.29) is 11.8 Å². The van der Waals surface area contributed by atoms with Crippen LogP contribution in [-0.4, -0.2) is 18.9 Å². The molecule has 1 heterocycles. The van der Waals surface area contributed by atoms with Crippen LogP contribution in [0.4, 0.5) is 5.69 Å². The number of aryl methyl sites for hydroxylation is 1. The molecule has 4 heteroatoms. The van der Waals surface area contributed by atoms with Crippen molar-refractivity contribution in [2.45, 2.75) is 26.3 Å². The van der Waals surface area contributed by atoms with E-state index < -0.39 is 0 Å². The van der Waals surface area contributed by atoms with E-state index in [0.29, 0.717) is 13.0 Å². The Balaban J connectivity index is 2.20. The highest BCUT2D eigenvalue weighted by Gasteiger charge is 2.20. The van der Waals surface area contributed by atoms with Gasteiger partial charge in [0.15, 0.2) is 0 Å². The number of nitrogens with one attached hydrogen (secondary N) is 1. The highest BCUT2D eigenvalue weighted by atomic mass is 16.2. The summed E-state index contributed by atoms with van der Waals surface area (Å²) in [5, 5.41) is 2.77. The van der Waals surface area contributed by atoms with Crippen molar-refractivity contribution >= 4 is 17.5 Å². The van der Waals surface area contributed by atoms with Gasteiger partial charge < -0.3 is 10.2 Å². The lowest BCUT2D eigenvalue weighted by atomic mass is 9.99. The summed E-state index contributed by atoms with van der Waals surface area (Å²) in [5.74, 6) is 0.127. The lowest BCUT2D eigenvalue weighted by molar-refractivity contribution is -0.119. The summed E-state index contributed by atoms with van der Waals surface area (Å²) < 4.78 is 0. The first-order valence-electron chi connectivity index (χ1n) is 5.70. The van der Waals surface area contributed by atoms with Crippen LogP contribution in [0.15, 0.2) is 18.2 Å². The molecule has 0 spiro atoms. The number of carbonyl (C=O) groups excluding carboxylic acids is 2. The van der Waals surface area contributed by atoms with Crippen molar-refractivity contribution < 1.29 is 9.59 Å². The molecule has 2 amide bonds. The fourth-order valence-corrected chi connectivity index (χ4v) is 2.05. The molecule has 0 radical (unpaired) electrons. The molecule has 90 valence electrons. The van der Waals surface area contributed by atoms with Gasteiger partial charge in [-0.25, -0.2) is 0 Å². The minimum absolute atomic E-state index is 0.0324. The van der Waals surface area contributed by atoms with Gasteiger partial charge in [0.05, 0.1) is 0 Å². The Morgan fingerprint density at radius 3 is 2.88 bits per heavy atom. The fourth-order valence-electron chi connectivity index (χ4n) is 2.05. The van der Waals surface area contributed by atoms with Gasteiger partial charge in [0, 0.05) is 32.6 Å². The van der Waals surface area contributed by atoms with Gasteiger partial charge in [0.25, 0.3) is 0 Å². The molecular weight excluding hydrogens is 216 g/mol. The summed E-state index contributed by atoms with van der Waals surface area (Å²) >= 11 is 0. The summed E-state index contributed by atoms with van der Waals surface area (Å²) in [7, 11) is 1.80. The molecule has 1 aliphatic heterocycles.